The van der Waals surface area contributed by atoms with Crippen molar-refractivity contribution in [2.24, 2.45) is 0 Å². The van der Waals surface area contributed by atoms with Crippen molar-refractivity contribution < 1.29 is 16.8 Å². The first-order chi connectivity index (χ1) is 8.36. The second kappa shape index (κ2) is 5.07. The minimum absolute atomic E-state index is 0.103. The monoisotopic (exact) mass is 296 g/mol. The molecule has 2 saturated heterocycles. The molecule has 2 fully saturated rings. The molecule has 8 heteroatoms. The van der Waals surface area contributed by atoms with Crippen LogP contribution in [0, 0.1) is 0 Å². The molecule has 0 aliphatic carbocycles. The van der Waals surface area contributed by atoms with Crippen LogP contribution < -0.4 is 5.32 Å². The predicted molar refractivity (Wildman–Crippen MR) is 69.4 cm³/mol. The first kappa shape index (κ1) is 14.2. The van der Waals surface area contributed by atoms with Gasteiger partial charge in [-0.1, -0.05) is 0 Å². The molecule has 2 atom stereocenters. The van der Waals surface area contributed by atoms with E-state index in [1.807, 2.05) is 0 Å². The number of sulfonamides is 1. The Morgan fingerprint density at radius 3 is 2.56 bits per heavy atom. The van der Waals surface area contributed by atoms with E-state index in [-0.39, 0.29) is 12.3 Å². The lowest BCUT2D eigenvalue weighted by molar-refractivity contribution is 0.354. The zero-order chi connectivity index (χ0) is 13.4. The molecule has 2 aliphatic heterocycles. The highest BCUT2D eigenvalue weighted by atomic mass is 32.2. The van der Waals surface area contributed by atoms with Crippen LogP contribution in [0.1, 0.15) is 26.2 Å². The summed E-state index contributed by atoms with van der Waals surface area (Å²) in [5, 5.41) is 1.61. The number of hydrogen-bond acceptors (Lipinski definition) is 5. The maximum absolute atomic E-state index is 12.3. The maximum atomic E-state index is 12.3. The summed E-state index contributed by atoms with van der Waals surface area (Å²) in [5.41, 5.74) is 0. The Bertz CT molecular complexity index is 500. The lowest BCUT2D eigenvalue weighted by atomic mass is 10.2. The lowest BCUT2D eigenvalue weighted by Gasteiger charge is -2.32. The average molecular weight is 296 g/mol. The van der Waals surface area contributed by atoms with Gasteiger partial charge in [0.05, 0.1) is 11.0 Å². The summed E-state index contributed by atoms with van der Waals surface area (Å²) in [4.78, 5) is 0. The van der Waals surface area contributed by atoms with Gasteiger partial charge in [0, 0.05) is 19.6 Å². The molecule has 0 aromatic carbocycles. The van der Waals surface area contributed by atoms with Crippen molar-refractivity contribution in [2.45, 2.75) is 36.8 Å². The van der Waals surface area contributed by atoms with Gasteiger partial charge in [-0.25, -0.2) is 16.8 Å². The van der Waals surface area contributed by atoms with Crippen molar-refractivity contribution in [3.63, 3.8) is 0 Å². The van der Waals surface area contributed by atoms with E-state index in [2.05, 4.69) is 5.32 Å². The molecule has 0 saturated carbocycles. The maximum Gasteiger partial charge on any atom is 0.219 e. The van der Waals surface area contributed by atoms with Gasteiger partial charge in [-0.05, 0) is 26.2 Å². The third-order valence-electron chi connectivity index (χ3n) is 3.64. The molecular weight excluding hydrogens is 276 g/mol. The highest BCUT2D eigenvalue weighted by molar-refractivity contribution is 7.94. The third kappa shape index (κ3) is 2.56. The van der Waals surface area contributed by atoms with Crippen LogP contribution in [0.3, 0.4) is 0 Å². The van der Waals surface area contributed by atoms with Crippen molar-refractivity contribution in [2.75, 3.05) is 25.4 Å². The van der Waals surface area contributed by atoms with Crippen molar-refractivity contribution in [1.29, 1.82) is 0 Å². The van der Waals surface area contributed by atoms with Crippen LogP contribution in [0.5, 0.6) is 0 Å². The third-order valence-corrected chi connectivity index (χ3v) is 8.23. The van der Waals surface area contributed by atoms with Crippen LogP contribution in [-0.4, -0.2) is 57.2 Å². The van der Waals surface area contributed by atoms with Gasteiger partial charge in [-0.15, -0.1) is 0 Å². The van der Waals surface area contributed by atoms with E-state index in [0.29, 0.717) is 25.9 Å². The molecule has 18 heavy (non-hydrogen) atoms. The van der Waals surface area contributed by atoms with Crippen LogP contribution in [0.15, 0.2) is 0 Å². The molecule has 0 radical (unpaired) electrons. The fourth-order valence-corrected chi connectivity index (χ4v) is 6.72. The quantitative estimate of drug-likeness (QED) is 0.707. The Kier molecular flexibility index (Phi) is 4.01. The van der Waals surface area contributed by atoms with Crippen molar-refractivity contribution in [3.05, 3.63) is 0 Å². The minimum atomic E-state index is -3.52. The molecule has 0 aromatic heterocycles. The molecule has 0 bridgehead atoms. The Morgan fingerprint density at radius 2 is 1.89 bits per heavy atom. The van der Waals surface area contributed by atoms with Gasteiger partial charge in [0.1, 0.15) is 5.37 Å². The molecule has 2 rings (SSSR count). The van der Waals surface area contributed by atoms with Crippen LogP contribution in [0.2, 0.25) is 0 Å². The molecular formula is C10H20N2O4S2. The van der Waals surface area contributed by atoms with Crippen LogP contribution in [0.25, 0.3) is 0 Å². The van der Waals surface area contributed by atoms with Gasteiger partial charge in [-0.3, -0.25) is 0 Å². The van der Waals surface area contributed by atoms with Crippen molar-refractivity contribution in [1.82, 2.24) is 9.62 Å². The molecule has 2 unspecified atom stereocenters. The molecule has 0 aromatic rings. The summed E-state index contributed by atoms with van der Waals surface area (Å²) in [5.74, 6) is 0.103. The van der Waals surface area contributed by atoms with Crippen LogP contribution >= 0.6 is 0 Å². The summed E-state index contributed by atoms with van der Waals surface area (Å²) in [7, 11) is -6.83. The first-order valence-electron chi connectivity index (χ1n) is 6.28. The van der Waals surface area contributed by atoms with E-state index in [0.717, 1.165) is 6.42 Å². The van der Waals surface area contributed by atoms with Gasteiger partial charge in [0.15, 0.2) is 9.84 Å². The fourth-order valence-electron chi connectivity index (χ4n) is 2.53. The molecule has 6 nitrogen and oxygen atoms in total. The molecule has 0 amide bonds. The van der Waals surface area contributed by atoms with Gasteiger partial charge < -0.3 is 5.32 Å². The fraction of sp³-hybridized carbons (Fsp3) is 1.00. The molecule has 2 heterocycles. The number of rotatable bonds is 1. The standard InChI is InChI=1S/C10H20N2O4S2/c1-9-8-11-5-6-12(18(9,15)16)10-4-2-3-7-17(10,13)14/h9-11H,2-8H2,1H3. The number of nitrogens with one attached hydrogen (secondary N) is 1. The summed E-state index contributed by atoms with van der Waals surface area (Å²) in [6, 6.07) is 0. The smallest absolute Gasteiger partial charge is 0.219 e. The largest absolute Gasteiger partial charge is 0.314 e. The number of hydrogen-bond donors (Lipinski definition) is 1. The van der Waals surface area contributed by atoms with Crippen molar-refractivity contribution >= 4 is 19.9 Å². The van der Waals surface area contributed by atoms with Gasteiger partial charge in [-0.2, -0.15) is 4.31 Å². The minimum Gasteiger partial charge on any atom is -0.314 e. The normalized spacial score (nSPS) is 36.9. The predicted octanol–water partition coefficient (Wildman–Crippen LogP) is -0.465. The zero-order valence-corrected chi connectivity index (χ0v) is 12.1. The van der Waals surface area contributed by atoms with E-state index in [1.54, 1.807) is 6.92 Å². The molecule has 2 aliphatic rings. The van der Waals surface area contributed by atoms with Crippen molar-refractivity contribution in [3.8, 4) is 0 Å². The molecule has 1 N–H and O–H groups in total. The second-order valence-electron chi connectivity index (χ2n) is 4.99. The Morgan fingerprint density at radius 1 is 1.17 bits per heavy atom. The van der Waals surface area contributed by atoms with E-state index < -0.39 is 30.5 Å². The van der Waals surface area contributed by atoms with E-state index >= 15 is 0 Å². The highest BCUT2D eigenvalue weighted by Crippen LogP contribution is 2.27. The van der Waals surface area contributed by atoms with E-state index in [4.69, 9.17) is 0 Å². The first-order valence-corrected chi connectivity index (χ1v) is 9.50. The molecule has 0 spiro atoms. The Labute approximate surface area is 109 Å². The summed E-state index contributed by atoms with van der Waals surface area (Å²) in [6.07, 6.45) is 1.84. The zero-order valence-electron chi connectivity index (χ0n) is 10.5. The summed E-state index contributed by atoms with van der Waals surface area (Å²) in [6.45, 7) is 2.76. The SMILES string of the molecule is CC1CNCCN(C2CCCCS2(=O)=O)S1(=O)=O. The summed E-state index contributed by atoms with van der Waals surface area (Å²) < 4.78 is 50.0. The number of sulfone groups is 1. The second-order valence-corrected chi connectivity index (χ2v) is 9.57. The summed E-state index contributed by atoms with van der Waals surface area (Å²) >= 11 is 0. The number of nitrogens with zero attached hydrogens (tertiary/aromatic N) is 1. The lowest BCUT2D eigenvalue weighted by Crippen LogP contribution is -2.50. The Balaban J connectivity index is 2.35. The van der Waals surface area contributed by atoms with Gasteiger partial charge >= 0.3 is 0 Å². The van der Waals surface area contributed by atoms with E-state index in [9.17, 15) is 16.8 Å². The van der Waals surface area contributed by atoms with Crippen LogP contribution in [-0.2, 0) is 19.9 Å². The molecule has 106 valence electrons. The highest BCUT2D eigenvalue weighted by Gasteiger charge is 2.42. The van der Waals surface area contributed by atoms with E-state index in [1.165, 1.54) is 4.31 Å². The van der Waals surface area contributed by atoms with Gasteiger partial charge in [0.25, 0.3) is 0 Å². The van der Waals surface area contributed by atoms with Crippen LogP contribution in [0.4, 0.5) is 0 Å². The average Bonchev–Trinajstić information content (AvgIpc) is 2.40. The van der Waals surface area contributed by atoms with Gasteiger partial charge in [0.2, 0.25) is 10.0 Å². The topological polar surface area (TPSA) is 83.6 Å². The Hall–Kier alpha value is -0.180.